The average molecular weight is 356 g/mol. The van der Waals surface area contributed by atoms with Crippen molar-refractivity contribution in [1.82, 2.24) is 9.97 Å². The van der Waals surface area contributed by atoms with Crippen molar-refractivity contribution in [3.63, 3.8) is 0 Å². The number of morpholine rings is 1. The van der Waals surface area contributed by atoms with E-state index in [0.29, 0.717) is 0 Å². The molecule has 0 spiro atoms. The van der Waals surface area contributed by atoms with Gasteiger partial charge in [-0.25, -0.2) is 9.97 Å². The van der Waals surface area contributed by atoms with E-state index < -0.39 is 0 Å². The highest BCUT2D eigenvalue weighted by Gasteiger charge is 2.45. The highest BCUT2D eigenvalue weighted by atomic mass is 32.2. The van der Waals surface area contributed by atoms with Crippen LogP contribution in [0.1, 0.15) is 18.5 Å². The number of ether oxygens (including phenoxy) is 1. The molecule has 1 aromatic carbocycles. The second kappa shape index (κ2) is 6.84. The van der Waals surface area contributed by atoms with Crippen LogP contribution >= 0.6 is 11.8 Å². The summed E-state index contributed by atoms with van der Waals surface area (Å²) in [5.41, 5.74) is 3.33. The molecule has 1 N–H and O–H groups in total. The van der Waals surface area contributed by atoms with E-state index in [2.05, 4.69) is 46.8 Å². The predicted molar refractivity (Wildman–Crippen MR) is 104 cm³/mol. The van der Waals surface area contributed by atoms with E-state index in [0.717, 1.165) is 49.2 Å². The number of anilines is 2. The molecule has 2 aromatic rings. The van der Waals surface area contributed by atoms with Gasteiger partial charge in [0, 0.05) is 37.5 Å². The molecule has 1 aromatic heterocycles. The van der Waals surface area contributed by atoms with Gasteiger partial charge in [-0.05, 0) is 43.4 Å². The van der Waals surface area contributed by atoms with Crippen LogP contribution in [-0.4, -0.2) is 49.6 Å². The highest BCUT2D eigenvalue weighted by Crippen LogP contribution is 2.55. The van der Waals surface area contributed by atoms with Crippen LogP contribution in [0.5, 0.6) is 0 Å². The Morgan fingerprint density at radius 3 is 2.44 bits per heavy atom. The standard InChI is InChI=1S/C19H24N4OS/c1-20-15-5-3-14(4-6-15)18-21-16(19(25-2)7-8-19)13-17(22-18)23-9-11-24-12-10-23/h3-6,13,20H,7-12H2,1-2H3. The number of hydrogen-bond acceptors (Lipinski definition) is 6. The molecule has 0 unspecified atom stereocenters. The van der Waals surface area contributed by atoms with Gasteiger partial charge in [-0.3, -0.25) is 0 Å². The van der Waals surface area contributed by atoms with Crippen molar-refractivity contribution >= 4 is 23.3 Å². The minimum atomic E-state index is 0.184. The average Bonchev–Trinajstić information content (AvgIpc) is 3.50. The number of aromatic nitrogens is 2. The van der Waals surface area contributed by atoms with Gasteiger partial charge in [0.15, 0.2) is 5.82 Å². The van der Waals surface area contributed by atoms with Gasteiger partial charge in [-0.15, -0.1) is 0 Å². The van der Waals surface area contributed by atoms with Gasteiger partial charge < -0.3 is 15.0 Å². The molecule has 5 nitrogen and oxygen atoms in total. The van der Waals surface area contributed by atoms with Crippen molar-refractivity contribution in [3.8, 4) is 11.4 Å². The zero-order valence-corrected chi connectivity index (χ0v) is 15.6. The summed E-state index contributed by atoms with van der Waals surface area (Å²) in [6, 6.07) is 10.5. The van der Waals surface area contributed by atoms with Crippen LogP contribution in [0.15, 0.2) is 30.3 Å². The highest BCUT2D eigenvalue weighted by molar-refractivity contribution is 7.99. The van der Waals surface area contributed by atoms with Crippen molar-refractivity contribution < 1.29 is 4.74 Å². The summed E-state index contributed by atoms with van der Waals surface area (Å²) in [6.45, 7) is 3.31. The second-order valence-corrected chi connectivity index (χ2v) is 7.75. The zero-order valence-electron chi connectivity index (χ0n) is 14.8. The smallest absolute Gasteiger partial charge is 0.161 e. The Hall–Kier alpha value is -1.79. The summed E-state index contributed by atoms with van der Waals surface area (Å²) in [4.78, 5) is 12.2. The van der Waals surface area contributed by atoms with Crippen LogP contribution in [0.3, 0.4) is 0 Å². The number of rotatable bonds is 5. The summed E-state index contributed by atoms with van der Waals surface area (Å²) in [5.74, 6) is 1.85. The monoisotopic (exact) mass is 356 g/mol. The third kappa shape index (κ3) is 3.33. The van der Waals surface area contributed by atoms with Crippen molar-refractivity contribution in [3.05, 3.63) is 36.0 Å². The first kappa shape index (κ1) is 16.7. The maximum atomic E-state index is 5.50. The van der Waals surface area contributed by atoms with Crippen molar-refractivity contribution in [2.45, 2.75) is 17.6 Å². The van der Waals surface area contributed by atoms with Gasteiger partial charge in [0.05, 0.1) is 23.7 Å². The molecular formula is C19H24N4OS. The van der Waals surface area contributed by atoms with Crippen molar-refractivity contribution in [1.29, 1.82) is 0 Å². The fraction of sp³-hybridized carbons (Fsp3) is 0.474. The Kier molecular flexibility index (Phi) is 4.56. The van der Waals surface area contributed by atoms with Crippen LogP contribution in [-0.2, 0) is 9.48 Å². The van der Waals surface area contributed by atoms with E-state index in [9.17, 15) is 0 Å². The molecule has 1 aliphatic carbocycles. The topological polar surface area (TPSA) is 50.3 Å². The quantitative estimate of drug-likeness (QED) is 0.886. The summed E-state index contributed by atoms with van der Waals surface area (Å²) < 4.78 is 5.68. The zero-order chi connectivity index (χ0) is 17.3. The van der Waals surface area contributed by atoms with Crippen LogP contribution in [0, 0.1) is 0 Å². The maximum absolute atomic E-state index is 5.50. The molecule has 0 amide bonds. The Morgan fingerprint density at radius 1 is 1.12 bits per heavy atom. The van der Waals surface area contributed by atoms with E-state index >= 15 is 0 Å². The van der Waals surface area contributed by atoms with Crippen LogP contribution in [0.2, 0.25) is 0 Å². The molecule has 2 aliphatic rings. The molecule has 132 valence electrons. The van der Waals surface area contributed by atoms with E-state index in [1.54, 1.807) is 0 Å². The van der Waals surface area contributed by atoms with Gasteiger partial charge in [-0.2, -0.15) is 11.8 Å². The van der Waals surface area contributed by atoms with Crippen LogP contribution < -0.4 is 10.2 Å². The molecule has 0 radical (unpaired) electrons. The van der Waals surface area contributed by atoms with Crippen molar-refractivity contribution in [2.24, 2.45) is 0 Å². The summed E-state index contributed by atoms with van der Waals surface area (Å²) in [6.07, 6.45) is 4.59. The molecule has 1 saturated heterocycles. The Labute approximate surface area is 153 Å². The molecule has 1 saturated carbocycles. The lowest BCUT2D eigenvalue weighted by atomic mass is 10.1. The first-order valence-electron chi connectivity index (χ1n) is 8.80. The molecule has 2 heterocycles. The molecule has 2 fully saturated rings. The number of benzene rings is 1. The maximum Gasteiger partial charge on any atom is 0.161 e. The van der Waals surface area contributed by atoms with Crippen molar-refractivity contribution in [2.75, 3.05) is 49.8 Å². The minimum absolute atomic E-state index is 0.184. The largest absolute Gasteiger partial charge is 0.388 e. The minimum Gasteiger partial charge on any atom is -0.388 e. The Bertz CT molecular complexity index is 740. The third-order valence-electron chi connectivity index (χ3n) is 5.04. The first-order chi connectivity index (χ1) is 12.2. The lowest BCUT2D eigenvalue weighted by Gasteiger charge is -2.29. The third-order valence-corrected chi connectivity index (χ3v) is 6.44. The van der Waals surface area contributed by atoms with Gasteiger partial charge in [0.1, 0.15) is 5.82 Å². The lowest BCUT2D eigenvalue weighted by molar-refractivity contribution is 0.122. The molecule has 4 rings (SSSR count). The van der Waals surface area contributed by atoms with Gasteiger partial charge in [0.25, 0.3) is 0 Å². The number of hydrogen-bond donors (Lipinski definition) is 1. The predicted octanol–water partition coefficient (Wildman–Crippen LogP) is 3.37. The first-order valence-corrected chi connectivity index (χ1v) is 10.0. The van der Waals surface area contributed by atoms with Gasteiger partial charge >= 0.3 is 0 Å². The van der Waals surface area contributed by atoms with Gasteiger partial charge in [-0.1, -0.05) is 0 Å². The van der Waals surface area contributed by atoms with E-state index in [1.807, 2.05) is 18.8 Å². The molecular weight excluding hydrogens is 332 g/mol. The summed E-state index contributed by atoms with van der Waals surface area (Å²) >= 11 is 1.91. The lowest BCUT2D eigenvalue weighted by Crippen LogP contribution is -2.37. The number of nitrogens with one attached hydrogen (secondary N) is 1. The van der Waals surface area contributed by atoms with E-state index in [1.165, 1.54) is 18.5 Å². The van der Waals surface area contributed by atoms with E-state index in [4.69, 9.17) is 14.7 Å². The van der Waals surface area contributed by atoms with Crippen LogP contribution in [0.4, 0.5) is 11.5 Å². The summed E-state index contributed by atoms with van der Waals surface area (Å²) in [5, 5.41) is 3.16. The molecule has 25 heavy (non-hydrogen) atoms. The van der Waals surface area contributed by atoms with Crippen LogP contribution in [0.25, 0.3) is 11.4 Å². The second-order valence-electron chi connectivity index (χ2n) is 6.56. The Morgan fingerprint density at radius 2 is 1.84 bits per heavy atom. The van der Waals surface area contributed by atoms with E-state index in [-0.39, 0.29) is 4.75 Å². The SMILES string of the molecule is CNc1ccc(-c2nc(N3CCOCC3)cc(C3(SC)CC3)n2)cc1. The number of nitrogens with zero attached hydrogens (tertiary/aromatic N) is 3. The normalized spacial score (nSPS) is 18.9. The molecule has 0 atom stereocenters. The molecule has 6 heteroatoms. The number of thioether (sulfide) groups is 1. The Balaban J connectivity index is 1.75. The summed E-state index contributed by atoms with van der Waals surface area (Å²) in [7, 11) is 1.93. The fourth-order valence-corrected chi connectivity index (χ4v) is 4.04. The molecule has 0 bridgehead atoms. The molecule has 1 aliphatic heterocycles. The van der Waals surface area contributed by atoms with Gasteiger partial charge in [0.2, 0.25) is 0 Å². The fourth-order valence-electron chi connectivity index (χ4n) is 3.22.